The van der Waals surface area contributed by atoms with Gasteiger partial charge in [-0.2, -0.15) is 0 Å². The molecule has 4 nitrogen and oxygen atoms in total. The number of hydrogen-bond acceptors (Lipinski definition) is 2. The molecule has 0 spiro atoms. The third kappa shape index (κ3) is 1.55. The number of nitrogens with zero attached hydrogens (tertiary/aromatic N) is 2. The lowest BCUT2D eigenvalue weighted by Gasteiger charge is -2.28. The molecular formula is C7H12N4S2. The van der Waals surface area contributed by atoms with E-state index in [4.69, 9.17) is 24.4 Å². The third-order valence-electron chi connectivity index (χ3n) is 2.18. The average Bonchev–Trinajstić information content (AvgIpc) is 2.58. The fourth-order valence-corrected chi connectivity index (χ4v) is 2.24. The summed E-state index contributed by atoms with van der Waals surface area (Å²) in [6.45, 7) is 4.83. The standard InChI is InChI=1S/C7H12N4S2/c1-5-4-11(7(13)9-5)10-3-2-8-6(10)12/h5H,2-4H2,1H3,(H,8,12)(H,9,13). The van der Waals surface area contributed by atoms with Gasteiger partial charge in [0.1, 0.15) is 0 Å². The van der Waals surface area contributed by atoms with E-state index in [9.17, 15) is 0 Å². The molecule has 2 N–H and O–H groups in total. The summed E-state index contributed by atoms with van der Waals surface area (Å²) in [6.07, 6.45) is 0. The van der Waals surface area contributed by atoms with Crippen molar-refractivity contribution >= 4 is 34.7 Å². The van der Waals surface area contributed by atoms with Gasteiger partial charge in [0, 0.05) is 12.6 Å². The summed E-state index contributed by atoms with van der Waals surface area (Å²) in [5.74, 6) is 0. The van der Waals surface area contributed by atoms with Gasteiger partial charge in [0.25, 0.3) is 0 Å². The highest BCUT2D eigenvalue weighted by atomic mass is 32.1. The molecular weight excluding hydrogens is 204 g/mol. The van der Waals surface area contributed by atoms with Gasteiger partial charge in [0.15, 0.2) is 10.2 Å². The lowest BCUT2D eigenvalue weighted by molar-refractivity contribution is 0.167. The van der Waals surface area contributed by atoms with E-state index in [1.807, 2.05) is 10.0 Å². The van der Waals surface area contributed by atoms with Gasteiger partial charge in [0.05, 0.1) is 13.1 Å². The second-order valence-corrected chi connectivity index (χ2v) is 4.06. The fourth-order valence-electron chi connectivity index (χ4n) is 1.57. The van der Waals surface area contributed by atoms with Crippen molar-refractivity contribution in [3.05, 3.63) is 0 Å². The summed E-state index contributed by atoms with van der Waals surface area (Å²) in [5, 5.41) is 11.9. The van der Waals surface area contributed by atoms with Gasteiger partial charge < -0.3 is 10.6 Å². The lowest BCUT2D eigenvalue weighted by Crippen LogP contribution is -2.46. The molecule has 2 fully saturated rings. The molecule has 1 unspecified atom stereocenters. The molecule has 2 aliphatic heterocycles. The zero-order chi connectivity index (χ0) is 9.42. The van der Waals surface area contributed by atoms with E-state index in [1.54, 1.807) is 0 Å². The van der Waals surface area contributed by atoms with Gasteiger partial charge in [-0.3, -0.25) is 10.0 Å². The number of rotatable bonds is 1. The van der Waals surface area contributed by atoms with E-state index < -0.39 is 0 Å². The molecule has 2 aliphatic rings. The van der Waals surface area contributed by atoms with E-state index in [1.165, 1.54) is 0 Å². The molecule has 2 heterocycles. The van der Waals surface area contributed by atoms with Crippen molar-refractivity contribution < 1.29 is 0 Å². The summed E-state index contributed by atoms with van der Waals surface area (Å²) in [6, 6.07) is 0.413. The van der Waals surface area contributed by atoms with Crippen LogP contribution in [-0.4, -0.2) is 45.9 Å². The Morgan fingerprint density at radius 2 is 2.08 bits per heavy atom. The number of hydrogen-bond donors (Lipinski definition) is 2. The van der Waals surface area contributed by atoms with Gasteiger partial charge in [-0.05, 0) is 31.4 Å². The molecule has 0 amide bonds. The molecule has 0 saturated carbocycles. The van der Waals surface area contributed by atoms with Crippen LogP contribution in [0.3, 0.4) is 0 Å². The van der Waals surface area contributed by atoms with Gasteiger partial charge in [-0.15, -0.1) is 0 Å². The molecule has 0 aliphatic carbocycles. The van der Waals surface area contributed by atoms with Crippen LogP contribution < -0.4 is 10.6 Å². The number of thiocarbonyl (C=S) groups is 2. The minimum Gasteiger partial charge on any atom is -0.359 e. The van der Waals surface area contributed by atoms with Crippen LogP contribution in [0.5, 0.6) is 0 Å². The van der Waals surface area contributed by atoms with Crippen molar-refractivity contribution in [2.24, 2.45) is 0 Å². The smallest absolute Gasteiger partial charge is 0.188 e. The monoisotopic (exact) mass is 216 g/mol. The second-order valence-electron chi connectivity index (χ2n) is 3.29. The van der Waals surface area contributed by atoms with E-state index >= 15 is 0 Å². The van der Waals surface area contributed by atoms with Crippen LogP contribution in [0.15, 0.2) is 0 Å². The van der Waals surface area contributed by atoms with Crippen molar-refractivity contribution in [2.45, 2.75) is 13.0 Å². The second kappa shape index (κ2) is 3.26. The highest BCUT2D eigenvalue weighted by molar-refractivity contribution is 7.80. The van der Waals surface area contributed by atoms with Gasteiger partial charge in [0.2, 0.25) is 0 Å². The van der Waals surface area contributed by atoms with Crippen LogP contribution in [0, 0.1) is 0 Å². The van der Waals surface area contributed by atoms with Crippen LogP contribution in [0.1, 0.15) is 6.92 Å². The highest BCUT2D eigenvalue weighted by Crippen LogP contribution is 2.10. The summed E-state index contributed by atoms with van der Waals surface area (Å²) >= 11 is 10.3. The van der Waals surface area contributed by atoms with Crippen molar-refractivity contribution in [2.75, 3.05) is 19.6 Å². The maximum absolute atomic E-state index is 5.19. The molecule has 1 atom stereocenters. The van der Waals surface area contributed by atoms with Crippen LogP contribution in [0.25, 0.3) is 0 Å². The molecule has 0 aromatic heterocycles. The largest absolute Gasteiger partial charge is 0.359 e. The quantitative estimate of drug-likeness (QED) is 0.584. The minimum absolute atomic E-state index is 0.413. The van der Waals surface area contributed by atoms with Crippen LogP contribution >= 0.6 is 24.4 Å². The van der Waals surface area contributed by atoms with Crippen LogP contribution in [-0.2, 0) is 0 Å². The average molecular weight is 216 g/mol. The van der Waals surface area contributed by atoms with Gasteiger partial charge >= 0.3 is 0 Å². The molecule has 13 heavy (non-hydrogen) atoms. The summed E-state index contributed by atoms with van der Waals surface area (Å²) in [7, 11) is 0. The van der Waals surface area contributed by atoms with Crippen LogP contribution in [0.4, 0.5) is 0 Å². The Morgan fingerprint density at radius 1 is 1.31 bits per heavy atom. The Labute approximate surface area is 88.2 Å². The highest BCUT2D eigenvalue weighted by Gasteiger charge is 2.31. The lowest BCUT2D eigenvalue weighted by atomic mass is 10.4. The predicted molar refractivity (Wildman–Crippen MR) is 59.2 cm³/mol. The van der Waals surface area contributed by atoms with E-state index in [-0.39, 0.29) is 0 Å². The third-order valence-corrected chi connectivity index (χ3v) is 2.86. The van der Waals surface area contributed by atoms with Gasteiger partial charge in [-0.25, -0.2) is 0 Å². The predicted octanol–water partition coefficient (Wildman–Crippen LogP) is -0.330. The maximum Gasteiger partial charge on any atom is 0.188 e. The first-order valence-electron chi connectivity index (χ1n) is 4.32. The number of hydrazine groups is 1. The molecule has 72 valence electrons. The molecule has 0 radical (unpaired) electrons. The fraction of sp³-hybridized carbons (Fsp3) is 0.714. The Balaban J connectivity index is 2.08. The normalized spacial score (nSPS) is 27.9. The van der Waals surface area contributed by atoms with Crippen molar-refractivity contribution in [1.29, 1.82) is 0 Å². The van der Waals surface area contributed by atoms with Crippen molar-refractivity contribution in [3.8, 4) is 0 Å². The zero-order valence-corrected chi connectivity index (χ0v) is 9.04. The summed E-state index contributed by atoms with van der Waals surface area (Å²) in [4.78, 5) is 0. The zero-order valence-electron chi connectivity index (χ0n) is 7.41. The molecule has 0 aromatic carbocycles. The van der Waals surface area contributed by atoms with E-state index in [0.717, 1.165) is 29.9 Å². The first-order valence-corrected chi connectivity index (χ1v) is 5.13. The van der Waals surface area contributed by atoms with Crippen LogP contribution in [0.2, 0.25) is 0 Å². The van der Waals surface area contributed by atoms with Crippen molar-refractivity contribution in [3.63, 3.8) is 0 Å². The first kappa shape index (κ1) is 8.96. The number of nitrogens with one attached hydrogen (secondary N) is 2. The van der Waals surface area contributed by atoms with E-state index in [0.29, 0.717) is 6.04 Å². The minimum atomic E-state index is 0.413. The topological polar surface area (TPSA) is 30.5 Å². The molecule has 2 saturated heterocycles. The van der Waals surface area contributed by atoms with Gasteiger partial charge in [-0.1, -0.05) is 0 Å². The molecule has 6 heteroatoms. The maximum atomic E-state index is 5.19. The Morgan fingerprint density at radius 3 is 2.54 bits per heavy atom. The molecule has 0 bridgehead atoms. The summed E-state index contributed by atoms with van der Waals surface area (Å²) in [5.41, 5.74) is 0. The SMILES string of the molecule is CC1CN(N2CCNC2=S)C(=S)N1. The molecule has 2 rings (SSSR count). The first-order chi connectivity index (χ1) is 6.18. The van der Waals surface area contributed by atoms with Crippen molar-refractivity contribution in [1.82, 2.24) is 20.7 Å². The Hall–Kier alpha value is -0.620. The molecule has 0 aromatic rings. The Kier molecular flexibility index (Phi) is 2.25. The Bertz CT molecular complexity index is 255. The summed E-state index contributed by atoms with van der Waals surface area (Å²) < 4.78 is 0. The van der Waals surface area contributed by atoms with E-state index in [2.05, 4.69) is 17.6 Å².